The van der Waals surface area contributed by atoms with Crippen molar-refractivity contribution in [1.29, 1.82) is 0 Å². The van der Waals surface area contributed by atoms with Crippen molar-refractivity contribution in [2.24, 2.45) is 5.11 Å². The molecule has 0 fully saturated rings. The van der Waals surface area contributed by atoms with Crippen molar-refractivity contribution in [3.63, 3.8) is 0 Å². The van der Waals surface area contributed by atoms with Gasteiger partial charge in [0.05, 0.1) is 15.0 Å². The van der Waals surface area contributed by atoms with Crippen molar-refractivity contribution in [1.82, 2.24) is 0 Å². The van der Waals surface area contributed by atoms with E-state index >= 15 is 0 Å². The minimum absolute atomic E-state index is 0.465. The third-order valence-corrected chi connectivity index (χ3v) is 6.89. The molecular weight excluding hydrogens is 266 g/mol. The lowest BCUT2D eigenvalue weighted by atomic mass is 10.6. The Labute approximate surface area is 105 Å². The fourth-order valence-electron chi connectivity index (χ4n) is 0.968. The van der Waals surface area contributed by atoms with E-state index in [9.17, 15) is 0 Å². The van der Waals surface area contributed by atoms with Gasteiger partial charge in [-0.2, -0.15) is 0 Å². The van der Waals surface area contributed by atoms with Crippen LogP contribution < -0.4 is 0 Å². The van der Waals surface area contributed by atoms with Crippen LogP contribution in [0.4, 0.5) is 0 Å². The molecule has 2 aliphatic heterocycles. The minimum Gasteiger partial charge on any atom is -0.0887 e. The Morgan fingerprint density at radius 1 is 1.27 bits per heavy atom. The molecule has 0 aromatic heterocycles. The van der Waals surface area contributed by atoms with Gasteiger partial charge in [0.15, 0.2) is 0 Å². The first-order valence-electron chi connectivity index (χ1n) is 4.09. The van der Waals surface area contributed by atoms with E-state index in [4.69, 9.17) is 5.53 Å². The molecule has 2 aliphatic rings. The number of nitrogens with zero attached hydrogens (tertiary/aromatic N) is 3. The molecule has 2 heterocycles. The summed E-state index contributed by atoms with van der Waals surface area (Å²) in [5, 5.41) is 7.79. The van der Waals surface area contributed by atoms with Gasteiger partial charge < -0.3 is 0 Å². The quantitative estimate of drug-likeness (QED) is 0.399. The van der Waals surface area contributed by atoms with Gasteiger partial charge in [-0.25, -0.2) is 0 Å². The topological polar surface area (TPSA) is 48.8 Å². The second kappa shape index (κ2) is 5.32. The summed E-state index contributed by atoms with van der Waals surface area (Å²) < 4.78 is 2.65. The number of azide groups is 1. The zero-order chi connectivity index (χ0) is 10.7. The Morgan fingerprint density at radius 2 is 2.00 bits per heavy atom. The molecule has 0 saturated heterocycles. The van der Waals surface area contributed by atoms with E-state index in [-0.39, 0.29) is 0 Å². The summed E-state index contributed by atoms with van der Waals surface area (Å²) in [5.74, 6) is 0. The molecule has 0 amide bonds. The number of hydrogen-bond acceptors (Lipinski definition) is 5. The van der Waals surface area contributed by atoms with Crippen molar-refractivity contribution in [2.75, 3.05) is 6.54 Å². The van der Waals surface area contributed by atoms with Crippen molar-refractivity contribution < 1.29 is 0 Å². The summed E-state index contributed by atoms with van der Waals surface area (Å²) in [6.45, 7) is 2.58. The van der Waals surface area contributed by atoms with Crippen molar-refractivity contribution in [3.05, 3.63) is 39.5 Å². The summed E-state index contributed by atoms with van der Waals surface area (Å²) in [7, 11) is 0. The van der Waals surface area contributed by atoms with Crippen LogP contribution in [0, 0.1) is 0 Å². The molecule has 0 saturated carbocycles. The SMILES string of the molecule is CC1=CS/C(=C2/SC=C(CN=[N+]=[N-])S2)S1. The van der Waals surface area contributed by atoms with Gasteiger partial charge in [0.2, 0.25) is 0 Å². The average molecular weight is 273 g/mol. The molecular formula is C8H7N3S4. The van der Waals surface area contributed by atoms with E-state index in [1.165, 1.54) is 13.4 Å². The molecule has 3 nitrogen and oxygen atoms in total. The fraction of sp³-hybridized carbons (Fsp3) is 0.250. The van der Waals surface area contributed by atoms with Crippen LogP contribution in [0.25, 0.3) is 10.4 Å². The normalized spacial score (nSPS) is 24.9. The summed E-state index contributed by atoms with van der Waals surface area (Å²) in [6.07, 6.45) is 0. The molecule has 0 aromatic rings. The molecule has 0 N–H and O–H groups in total. The predicted octanol–water partition coefficient (Wildman–Crippen LogP) is 5.09. The first-order chi connectivity index (χ1) is 7.29. The predicted molar refractivity (Wildman–Crippen MR) is 73.2 cm³/mol. The maximum absolute atomic E-state index is 8.23. The Morgan fingerprint density at radius 3 is 2.67 bits per heavy atom. The highest BCUT2D eigenvalue weighted by molar-refractivity contribution is 8.33. The molecule has 0 bridgehead atoms. The van der Waals surface area contributed by atoms with Gasteiger partial charge in [0.25, 0.3) is 0 Å². The Balaban J connectivity index is 1.98. The van der Waals surface area contributed by atoms with E-state index in [1.54, 1.807) is 35.3 Å². The summed E-state index contributed by atoms with van der Waals surface area (Å²) in [4.78, 5) is 5.23. The van der Waals surface area contributed by atoms with Gasteiger partial charge in [-0.3, -0.25) is 0 Å². The van der Waals surface area contributed by atoms with Crippen LogP contribution in [0.15, 0.2) is 34.2 Å². The van der Waals surface area contributed by atoms with E-state index in [2.05, 4.69) is 27.8 Å². The summed E-state index contributed by atoms with van der Waals surface area (Å²) in [5.41, 5.74) is 8.23. The van der Waals surface area contributed by atoms with E-state index in [0.29, 0.717) is 6.54 Å². The zero-order valence-corrected chi connectivity index (χ0v) is 11.1. The second-order valence-corrected chi connectivity index (χ2v) is 7.39. The van der Waals surface area contributed by atoms with Gasteiger partial charge in [-0.05, 0) is 28.2 Å². The largest absolute Gasteiger partial charge is 0.0887 e. The van der Waals surface area contributed by atoms with Crippen molar-refractivity contribution in [3.8, 4) is 0 Å². The summed E-state index contributed by atoms with van der Waals surface area (Å²) >= 11 is 7.03. The smallest absolute Gasteiger partial charge is 0.0697 e. The van der Waals surface area contributed by atoms with E-state index in [0.717, 1.165) is 4.91 Å². The molecule has 0 radical (unpaired) electrons. The van der Waals surface area contributed by atoms with Crippen molar-refractivity contribution >= 4 is 47.0 Å². The number of allylic oxidation sites excluding steroid dienone is 1. The monoisotopic (exact) mass is 273 g/mol. The molecule has 0 spiro atoms. The number of rotatable bonds is 2. The van der Waals surface area contributed by atoms with Crippen LogP contribution in [0.2, 0.25) is 0 Å². The average Bonchev–Trinajstić information content (AvgIpc) is 2.83. The standard InChI is InChI=1S/C8H7N3S4/c1-5-3-12-7(14-5)8-13-4-6(15-8)2-10-11-9/h3-4H,2H2,1H3/b8-7+. The number of thioether (sulfide) groups is 4. The van der Waals surface area contributed by atoms with Gasteiger partial charge in [0, 0.05) is 9.82 Å². The van der Waals surface area contributed by atoms with Crippen LogP contribution >= 0.6 is 47.0 Å². The van der Waals surface area contributed by atoms with Gasteiger partial charge in [-0.1, -0.05) is 52.2 Å². The molecule has 0 aliphatic carbocycles. The minimum atomic E-state index is 0.465. The highest BCUT2D eigenvalue weighted by atomic mass is 32.2. The van der Waals surface area contributed by atoms with Gasteiger partial charge in [-0.15, -0.1) is 0 Å². The highest BCUT2D eigenvalue weighted by Gasteiger charge is 2.19. The zero-order valence-electron chi connectivity index (χ0n) is 7.84. The first-order valence-corrected chi connectivity index (χ1v) is 7.49. The molecule has 2 rings (SSSR count). The molecule has 78 valence electrons. The fourth-order valence-corrected chi connectivity index (χ4v) is 5.71. The first kappa shape index (κ1) is 11.4. The van der Waals surface area contributed by atoms with Gasteiger partial charge >= 0.3 is 0 Å². The molecule has 0 unspecified atom stereocenters. The third kappa shape index (κ3) is 2.95. The highest BCUT2D eigenvalue weighted by Crippen LogP contribution is 2.54. The summed E-state index contributed by atoms with van der Waals surface area (Å²) in [6, 6.07) is 0. The van der Waals surface area contributed by atoms with Crippen LogP contribution in [0.5, 0.6) is 0 Å². The molecule has 7 heteroatoms. The molecule has 0 atom stereocenters. The van der Waals surface area contributed by atoms with Gasteiger partial charge in [0.1, 0.15) is 0 Å². The molecule has 15 heavy (non-hydrogen) atoms. The van der Waals surface area contributed by atoms with Crippen LogP contribution in [0.3, 0.4) is 0 Å². The Kier molecular flexibility index (Phi) is 4.05. The van der Waals surface area contributed by atoms with Crippen LogP contribution in [-0.2, 0) is 0 Å². The van der Waals surface area contributed by atoms with Crippen LogP contribution in [-0.4, -0.2) is 6.54 Å². The lowest BCUT2D eigenvalue weighted by Gasteiger charge is -2.00. The van der Waals surface area contributed by atoms with E-state index in [1.807, 2.05) is 11.8 Å². The van der Waals surface area contributed by atoms with E-state index < -0.39 is 0 Å². The maximum atomic E-state index is 8.23. The Bertz CT molecular complexity index is 418. The Hall–Kier alpha value is -0.0700. The second-order valence-electron chi connectivity index (χ2n) is 2.72. The van der Waals surface area contributed by atoms with Crippen molar-refractivity contribution in [2.45, 2.75) is 6.92 Å². The van der Waals surface area contributed by atoms with Crippen LogP contribution in [0.1, 0.15) is 6.92 Å². The lowest BCUT2D eigenvalue weighted by molar-refractivity contribution is 1.20. The maximum Gasteiger partial charge on any atom is 0.0697 e. The lowest BCUT2D eigenvalue weighted by Crippen LogP contribution is -1.76. The molecule has 0 aromatic carbocycles. The third-order valence-electron chi connectivity index (χ3n) is 1.56. The number of hydrogen-bond donors (Lipinski definition) is 0.